The highest BCUT2D eigenvalue weighted by Crippen LogP contribution is 2.16. The maximum atomic E-state index is 12.2. The van der Waals surface area contributed by atoms with Gasteiger partial charge in [-0.25, -0.2) is 0 Å². The zero-order valence-electron chi connectivity index (χ0n) is 11.0. The number of nitrogens with one attached hydrogen (secondary N) is 1. The number of carbonyl (C=O) groups excluding carboxylic acids is 2. The second-order valence-corrected chi connectivity index (χ2v) is 5.43. The van der Waals surface area contributed by atoms with E-state index >= 15 is 0 Å². The van der Waals surface area contributed by atoms with E-state index in [9.17, 15) is 9.59 Å². The van der Waals surface area contributed by atoms with Crippen molar-refractivity contribution in [2.24, 2.45) is 0 Å². The third kappa shape index (κ3) is 3.73. The quantitative estimate of drug-likeness (QED) is 0.918. The van der Waals surface area contributed by atoms with Crippen LogP contribution in [0.15, 0.2) is 24.3 Å². The average Bonchev–Trinajstić information content (AvgIpc) is 2.92. The minimum atomic E-state index is -0.0433. The Morgan fingerprint density at radius 3 is 2.74 bits per heavy atom. The van der Waals surface area contributed by atoms with Gasteiger partial charge in [-0.1, -0.05) is 6.07 Å². The Kier molecular flexibility index (Phi) is 4.85. The number of likely N-dealkylation sites (tertiary alicyclic amines) is 1. The van der Waals surface area contributed by atoms with E-state index in [1.165, 1.54) is 11.8 Å². The first-order valence-electron chi connectivity index (χ1n) is 6.39. The minimum absolute atomic E-state index is 0.0433. The Hall–Kier alpha value is -1.49. The molecule has 0 spiro atoms. The van der Waals surface area contributed by atoms with E-state index in [0.29, 0.717) is 17.0 Å². The number of hydrogen-bond acceptors (Lipinski definition) is 3. The second-order valence-electron chi connectivity index (χ2n) is 4.56. The number of anilines is 1. The fraction of sp³-hybridized carbons (Fsp3) is 0.429. The van der Waals surface area contributed by atoms with Crippen LogP contribution in [-0.4, -0.2) is 41.8 Å². The predicted molar refractivity (Wildman–Crippen MR) is 78.6 cm³/mol. The van der Waals surface area contributed by atoms with Gasteiger partial charge < -0.3 is 10.2 Å². The summed E-state index contributed by atoms with van der Waals surface area (Å²) in [6.07, 6.45) is 4.04. The Bertz CT molecular complexity index is 470. The van der Waals surface area contributed by atoms with E-state index in [2.05, 4.69) is 5.32 Å². The van der Waals surface area contributed by atoms with Crippen molar-refractivity contribution < 1.29 is 9.59 Å². The number of nitrogens with zero attached hydrogens (tertiary/aromatic N) is 1. The van der Waals surface area contributed by atoms with E-state index in [1.54, 1.807) is 24.3 Å². The third-order valence-electron chi connectivity index (χ3n) is 3.06. The van der Waals surface area contributed by atoms with Crippen LogP contribution in [0.3, 0.4) is 0 Å². The molecule has 102 valence electrons. The van der Waals surface area contributed by atoms with Crippen molar-refractivity contribution in [1.82, 2.24) is 4.90 Å². The predicted octanol–water partition coefficient (Wildman–Crippen LogP) is 2.22. The van der Waals surface area contributed by atoms with Gasteiger partial charge in [0.2, 0.25) is 5.91 Å². The number of amides is 2. The molecule has 0 aromatic heterocycles. The van der Waals surface area contributed by atoms with Crippen molar-refractivity contribution in [3.05, 3.63) is 29.8 Å². The number of rotatable bonds is 4. The fourth-order valence-corrected chi connectivity index (χ4v) is 2.50. The zero-order valence-corrected chi connectivity index (χ0v) is 11.8. The Morgan fingerprint density at radius 2 is 2.05 bits per heavy atom. The van der Waals surface area contributed by atoms with Gasteiger partial charge in [-0.3, -0.25) is 9.59 Å². The molecular formula is C14H18N2O2S. The van der Waals surface area contributed by atoms with Gasteiger partial charge in [0, 0.05) is 24.3 Å². The van der Waals surface area contributed by atoms with Crippen LogP contribution in [0.4, 0.5) is 5.69 Å². The topological polar surface area (TPSA) is 49.4 Å². The molecule has 1 aromatic carbocycles. The molecule has 0 bridgehead atoms. The smallest absolute Gasteiger partial charge is 0.253 e. The van der Waals surface area contributed by atoms with E-state index in [-0.39, 0.29) is 11.8 Å². The summed E-state index contributed by atoms with van der Waals surface area (Å²) in [5.41, 5.74) is 1.33. The Balaban J connectivity index is 2.05. The van der Waals surface area contributed by atoms with Crippen molar-refractivity contribution in [2.75, 3.05) is 30.4 Å². The molecule has 1 fully saturated rings. The van der Waals surface area contributed by atoms with Crippen LogP contribution in [0.25, 0.3) is 0 Å². The Morgan fingerprint density at radius 1 is 1.32 bits per heavy atom. The summed E-state index contributed by atoms with van der Waals surface area (Å²) in [7, 11) is 0. The van der Waals surface area contributed by atoms with Gasteiger partial charge in [0.05, 0.1) is 5.75 Å². The largest absolute Gasteiger partial charge is 0.339 e. The maximum Gasteiger partial charge on any atom is 0.253 e. The van der Waals surface area contributed by atoms with Crippen molar-refractivity contribution in [3.63, 3.8) is 0 Å². The monoisotopic (exact) mass is 278 g/mol. The van der Waals surface area contributed by atoms with Crippen molar-refractivity contribution in [3.8, 4) is 0 Å². The molecule has 5 heteroatoms. The fourth-order valence-electron chi connectivity index (χ4n) is 2.16. The summed E-state index contributed by atoms with van der Waals surface area (Å²) >= 11 is 1.47. The van der Waals surface area contributed by atoms with Crippen LogP contribution >= 0.6 is 11.8 Å². The number of carbonyl (C=O) groups is 2. The van der Waals surface area contributed by atoms with Crippen molar-refractivity contribution in [1.29, 1.82) is 0 Å². The molecule has 0 aliphatic carbocycles. The minimum Gasteiger partial charge on any atom is -0.339 e. The highest BCUT2D eigenvalue weighted by Gasteiger charge is 2.19. The zero-order chi connectivity index (χ0) is 13.7. The van der Waals surface area contributed by atoms with Gasteiger partial charge in [0.15, 0.2) is 0 Å². The maximum absolute atomic E-state index is 12.2. The van der Waals surface area contributed by atoms with E-state index < -0.39 is 0 Å². The molecule has 0 radical (unpaired) electrons. The first kappa shape index (κ1) is 13.9. The summed E-state index contributed by atoms with van der Waals surface area (Å²) in [5, 5.41) is 2.80. The SMILES string of the molecule is CSCC(=O)Nc1cccc(C(=O)N2CCCC2)c1. The molecule has 4 nitrogen and oxygen atoms in total. The van der Waals surface area contributed by atoms with Crippen LogP contribution in [0, 0.1) is 0 Å². The van der Waals surface area contributed by atoms with Crippen LogP contribution in [0.1, 0.15) is 23.2 Å². The van der Waals surface area contributed by atoms with Crippen LogP contribution in [-0.2, 0) is 4.79 Å². The first-order valence-corrected chi connectivity index (χ1v) is 7.78. The number of benzene rings is 1. The summed E-state index contributed by atoms with van der Waals surface area (Å²) in [6, 6.07) is 7.15. The molecule has 0 saturated carbocycles. The lowest BCUT2D eigenvalue weighted by atomic mass is 10.1. The van der Waals surface area contributed by atoms with Gasteiger partial charge in [-0.2, -0.15) is 11.8 Å². The molecule has 1 saturated heterocycles. The van der Waals surface area contributed by atoms with Crippen LogP contribution in [0.5, 0.6) is 0 Å². The molecular weight excluding hydrogens is 260 g/mol. The normalized spacial score (nSPS) is 14.5. The van der Waals surface area contributed by atoms with Crippen molar-refractivity contribution in [2.45, 2.75) is 12.8 Å². The lowest BCUT2D eigenvalue weighted by Gasteiger charge is -2.15. The molecule has 0 unspecified atom stereocenters. The first-order chi connectivity index (χ1) is 9.20. The van der Waals surface area contributed by atoms with Crippen molar-refractivity contribution >= 4 is 29.3 Å². The molecule has 0 atom stereocenters. The van der Waals surface area contributed by atoms with Crippen LogP contribution < -0.4 is 5.32 Å². The lowest BCUT2D eigenvalue weighted by Crippen LogP contribution is -2.27. The summed E-state index contributed by atoms with van der Waals surface area (Å²) in [5.74, 6) is 0.432. The molecule has 1 heterocycles. The lowest BCUT2D eigenvalue weighted by molar-refractivity contribution is -0.113. The van der Waals surface area contributed by atoms with E-state index in [1.807, 2.05) is 11.2 Å². The molecule has 1 aliphatic heterocycles. The summed E-state index contributed by atoms with van der Waals surface area (Å²) in [4.78, 5) is 25.6. The highest BCUT2D eigenvalue weighted by atomic mass is 32.2. The molecule has 19 heavy (non-hydrogen) atoms. The highest BCUT2D eigenvalue weighted by molar-refractivity contribution is 7.99. The summed E-state index contributed by atoms with van der Waals surface area (Å²) in [6.45, 7) is 1.67. The third-order valence-corrected chi connectivity index (χ3v) is 3.61. The number of hydrogen-bond donors (Lipinski definition) is 1. The molecule has 2 rings (SSSR count). The number of thioether (sulfide) groups is 1. The molecule has 1 N–H and O–H groups in total. The molecule has 2 amide bonds. The van der Waals surface area contributed by atoms with Gasteiger partial charge in [-0.15, -0.1) is 0 Å². The van der Waals surface area contributed by atoms with Crippen LogP contribution in [0.2, 0.25) is 0 Å². The van der Waals surface area contributed by atoms with E-state index in [0.717, 1.165) is 25.9 Å². The summed E-state index contributed by atoms with van der Waals surface area (Å²) < 4.78 is 0. The standard InChI is InChI=1S/C14H18N2O2S/c1-19-10-13(17)15-12-6-4-5-11(9-12)14(18)16-7-2-3-8-16/h4-6,9H,2-3,7-8,10H2,1H3,(H,15,17). The average molecular weight is 278 g/mol. The van der Waals surface area contributed by atoms with Gasteiger partial charge in [0.25, 0.3) is 5.91 Å². The molecule has 1 aromatic rings. The Labute approximate surface area is 117 Å². The van der Waals surface area contributed by atoms with Gasteiger partial charge >= 0.3 is 0 Å². The van der Waals surface area contributed by atoms with E-state index in [4.69, 9.17) is 0 Å². The van der Waals surface area contributed by atoms with Gasteiger partial charge in [0.1, 0.15) is 0 Å². The van der Waals surface area contributed by atoms with Gasteiger partial charge in [-0.05, 0) is 37.3 Å². The second kappa shape index (κ2) is 6.61. The molecule has 1 aliphatic rings.